The van der Waals surface area contributed by atoms with Crippen LogP contribution in [0.4, 0.5) is 5.69 Å². The maximum atomic E-state index is 12.7. The number of hydrogen-bond donors (Lipinski definition) is 0. The van der Waals surface area contributed by atoms with Crippen molar-refractivity contribution in [2.24, 2.45) is 0 Å². The highest BCUT2D eigenvalue weighted by molar-refractivity contribution is 6.03. The van der Waals surface area contributed by atoms with Crippen LogP contribution in [-0.2, 0) is 14.3 Å². The van der Waals surface area contributed by atoms with E-state index in [1.165, 1.54) is 4.90 Å². The van der Waals surface area contributed by atoms with E-state index >= 15 is 0 Å². The van der Waals surface area contributed by atoms with E-state index < -0.39 is 6.10 Å². The fraction of sp³-hybridized carbons (Fsp3) is 0.529. The average molecular weight is 318 g/mol. The van der Waals surface area contributed by atoms with E-state index in [2.05, 4.69) is 0 Å². The molecule has 2 aliphatic heterocycles. The van der Waals surface area contributed by atoms with E-state index in [0.717, 1.165) is 0 Å². The van der Waals surface area contributed by atoms with E-state index in [4.69, 9.17) is 9.47 Å². The molecule has 3 atom stereocenters. The van der Waals surface area contributed by atoms with Crippen LogP contribution in [0, 0.1) is 0 Å². The van der Waals surface area contributed by atoms with Crippen molar-refractivity contribution in [2.75, 3.05) is 24.6 Å². The number of fused-ring (bicyclic) bond motifs is 1. The first-order chi connectivity index (χ1) is 11.0. The molecule has 124 valence electrons. The van der Waals surface area contributed by atoms with Crippen molar-refractivity contribution >= 4 is 17.5 Å². The molecule has 1 fully saturated rings. The predicted molar refractivity (Wildman–Crippen MR) is 85.5 cm³/mol. The van der Waals surface area contributed by atoms with Gasteiger partial charge in [0.25, 0.3) is 5.91 Å². The molecular formula is C17H22N2O4. The van der Waals surface area contributed by atoms with Crippen LogP contribution in [0.5, 0.6) is 5.75 Å². The molecule has 0 aromatic heterocycles. The Bertz CT molecular complexity index is 618. The molecule has 1 aromatic carbocycles. The quantitative estimate of drug-likeness (QED) is 0.828. The Morgan fingerprint density at radius 3 is 2.78 bits per heavy atom. The standard InChI is InChI=1S/C17H22N2O4/c1-11-10-22-12(2)8-18(11)16(20)9-19-14-6-4-5-7-15(14)23-13(3)17(19)21/h4-7,11-13H,8-10H2,1-3H3. The number of benzene rings is 1. The third-order valence-corrected chi connectivity index (χ3v) is 4.30. The largest absolute Gasteiger partial charge is 0.479 e. The van der Waals surface area contributed by atoms with Crippen molar-refractivity contribution < 1.29 is 19.1 Å². The summed E-state index contributed by atoms with van der Waals surface area (Å²) in [5.74, 6) is 0.381. The van der Waals surface area contributed by atoms with Crippen LogP contribution < -0.4 is 9.64 Å². The fourth-order valence-corrected chi connectivity index (χ4v) is 3.00. The van der Waals surface area contributed by atoms with E-state index in [-0.39, 0.29) is 30.5 Å². The lowest BCUT2D eigenvalue weighted by molar-refractivity contribution is -0.143. The third kappa shape index (κ3) is 3.03. The van der Waals surface area contributed by atoms with Gasteiger partial charge in [-0.25, -0.2) is 0 Å². The normalized spacial score (nSPS) is 27.4. The number of morpholine rings is 1. The number of anilines is 1. The van der Waals surface area contributed by atoms with Crippen molar-refractivity contribution in [1.29, 1.82) is 0 Å². The van der Waals surface area contributed by atoms with Crippen LogP contribution >= 0.6 is 0 Å². The molecule has 0 N–H and O–H groups in total. The predicted octanol–water partition coefficient (Wildman–Crippen LogP) is 1.44. The molecule has 23 heavy (non-hydrogen) atoms. The highest BCUT2D eigenvalue weighted by Crippen LogP contribution is 2.33. The summed E-state index contributed by atoms with van der Waals surface area (Å²) in [5, 5.41) is 0. The summed E-state index contributed by atoms with van der Waals surface area (Å²) in [7, 11) is 0. The van der Waals surface area contributed by atoms with Gasteiger partial charge in [0.05, 0.1) is 24.4 Å². The molecule has 3 unspecified atom stereocenters. The lowest BCUT2D eigenvalue weighted by atomic mass is 10.1. The SMILES string of the molecule is CC1CN(C(=O)CN2C(=O)C(C)Oc3ccccc32)C(C)CO1. The zero-order chi connectivity index (χ0) is 16.6. The minimum Gasteiger partial charge on any atom is -0.479 e. The van der Waals surface area contributed by atoms with Crippen LogP contribution in [0.3, 0.4) is 0 Å². The van der Waals surface area contributed by atoms with E-state index in [0.29, 0.717) is 24.6 Å². The summed E-state index contributed by atoms with van der Waals surface area (Å²) in [6, 6.07) is 7.32. The molecule has 0 aliphatic carbocycles. The molecule has 2 aliphatic rings. The Kier molecular flexibility index (Phi) is 4.26. The zero-order valence-electron chi connectivity index (χ0n) is 13.7. The van der Waals surface area contributed by atoms with Crippen molar-refractivity contribution in [1.82, 2.24) is 4.90 Å². The molecule has 0 bridgehead atoms. The fourth-order valence-electron chi connectivity index (χ4n) is 3.00. The van der Waals surface area contributed by atoms with Gasteiger partial charge < -0.3 is 14.4 Å². The Hall–Kier alpha value is -2.08. The van der Waals surface area contributed by atoms with Crippen LogP contribution in [-0.4, -0.2) is 54.7 Å². The Balaban J connectivity index is 1.81. The molecule has 1 aromatic rings. The van der Waals surface area contributed by atoms with Gasteiger partial charge in [0.2, 0.25) is 5.91 Å². The van der Waals surface area contributed by atoms with Crippen molar-refractivity contribution in [3.05, 3.63) is 24.3 Å². The summed E-state index contributed by atoms with van der Waals surface area (Å²) in [6.07, 6.45) is -0.569. The van der Waals surface area contributed by atoms with E-state index in [1.54, 1.807) is 17.9 Å². The van der Waals surface area contributed by atoms with Crippen molar-refractivity contribution in [3.63, 3.8) is 0 Å². The van der Waals surface area contributed by atoms with Gasteiger partial charge in [-0.05, 0) is 32.9 Å². The van der Waals surface area contributed by atoms with Gasteiger partial charge >= 0.3 is 0 Å². The number of rotatable bonds is 2. The average Bonchev–Trinajstić information content (AvgIpc) is 2.54. The number of nitrogens with zero attached hydrogens (tertiary/aromatic N) is 2. The van der Waals surface area contributed by atoms with Gasteiger partial charge in [-0.1, -0.05) is 12.1 Å². The van der Waals surface area contributed by atoms with Crippen LogP contribution in [0.2, 0.25) is 0 Å². The summed E-state index contributed by atoms with van der Waals surface area (Å²) in [4.78, 5) is 28.5. The molecule has 6 nitrogen and oxygen atoms in total. The number of carbonyl (C=O) groups excluding carboxylic acids is 2. The molecule has 0 spiro atoms. The van der Waals surface area contributed by atoms with Crippen LogP contribution in [0.25, 0.3) is 0 Å². The number of amides is 2. The summed E-state index contributed by atoms with van der Waals surface area (Å²) < 4.78 is 11.2. The van der Waals surface area contributed by atoms with Gasteiger partial charge in [-0.2, -0.15) is 0 Å². The van der Waals surface area contributed by atoms with Crippen molar-refractivity contribution in [3.8, 4) is 5.75 Å². The zero-order valence-corrected chi connectivity index (χ0v) is 13.7. The number of para-hydroxylation sites is 2. The number of hydrogen-bond acceptors (Lipinski definition) is 4. The van der Waals surface area contributed by atoms with Crippen LogP contribution in [0.15, 0.2) is 24.3 Å². The van der Waals surface area contributed by atoms with Crippen LogP contribution in [0.1, 0.15) is 20.8 Å². The topological polar surface area (TPSA) is 59.1 Å². The molecule has 2 amide bonds. The second-order valence-corrected chi connectivity index (χ2v) is 6.19. The first kappa shape index (κ1) is 15.8. The molecule has 2 heterocycles. The van der Waals surface area contributed by atoms with Gasteiger partial charge in [-0.3, -0.25) is 14.5 Å². The van der Waals surface area contributed by atoms with Gasteiger partial charge in [0.15, 0.2) is 6.10 Å². The molecule has 1 saturated heterocycles. The Morgan fingerprint density at radius 2 is 2.00 bits per heavy atom. The molecule has 0 radical (unpaired) electrons. The van der Waals surface area contributed by atoms with Crippen molar-refractivity contribution in [2.45, 2.75) is 39.0 Å². The maximum absolute atomic E-state index is 12.7. The minimum atomic E-state index is -0.585. The second kappa shape index (κ2) is 6.20. The van der Waals surface area contributed by atoms with Gasteiger partial charge in [-0.15, -0.1) is 0 Å². The molecule has 0 saturated carbocycles. The van der Waals surface area contributed by atoms with E-state index in [1.807, 2.05) is 32.0 Å². The Morgan fingerprint density at radius 1 is 1.26 bits per heavy atom. The maximum Gasteiger partial charge on any atom is 0.268 e. The second-order valence-electron chi connectivity index (χ2n) is 6.19. The highest BCUT2D eigenvalue weighted by Gasteiger charge is 2.35. The van der Waals surface area contributed by atoms with Gasteiger partial charge in [0.1, 0.15) is 12.3 Å². The summed E-state index contributed by atoms with van der Waals surface area (Å²) in [6.45, 7) is 6.72. The smallest absolute Gasteiger partial charge is 0.268 e. The minimum absolute atomic E-state index is 0.0155. The summed E-state index contributed by atoms with van der Waals surface area (Å²) >= 11 is 0. The first-order valence-corrected chi connectivity index (χ1v) is 7.95. The lowest BCUT2D eigenvalue weighted by Gasteiger charge is -2.39. The Labute approximate surface area is 136 Å². The third-order valence-electron chi connectivity index (χ3n) is 4.30. The number of carbonyl (C=O) groups is 2. The van der Waals surface area contributed by atoms with E-state index in [9.17, 15) is 9.59 Å². The molecular weight excluding hydrogens is 296 g/mol. The molecule has 6 heteroatoms. The van der Waals surface area contributed by atoms with Gasteiger partial charge in [0, 0.05) is 6.54 Å². The number of ether oxygens (including phenoxy) is 2. The monoisotopic (exact) mass is 318 g/mol. The first-order valence-electron chi connectivity index (χ1n) is 7.95. The molecule has 3 rings (SSSR count). The highest BCUT2D eigenvalue weighted by atomic mass is 16.5. The lowest BCUT2D eigenvalue weighted by Crippen LogP contribution is -2.55. The summed E-state index contributed by atoms with van der Waals surface area (Å²) in [5.41, 5.74) is 0.651.